The molecule has 1 aromatic rings. The Kier molecular flexibility index (Phi) is 2.63. The third-order valence-electron chi connectivity index (χ3n) is 1.17. The van der Waals surface area contributed by atoms with Gasteiger partial charge in [0.1, 0.15) is 4.90 Å². The Labute approximate surface area is 79.7 Å². The molecule has 0 aromatic heterocycles. The van der Waals surface area contributed by atoms with Crippen molar-refractivity contribution in [2.45, 2.75) is 4.90 Å². The van der Waals surface area contributed by atoms with Crippen LogP contribution in [0.1, 0.15) is 0 Å². The van der Waals surface area contributed by atoms with Crippen molar-refractivity contribution in [3.8, 4) is 0 Å². The molecule has 0 aliphatic carbocycles. The van der Waals surface area contributed by atoms with Crippen LogP contribution in [0, 0.1) is 0 Å². The third-order valence-corrected chi connectivity index (χ3v) is 2.74. The van der Waals surface area contributed by atoms with Gasteiger partial charge in [0.25, 0.3) is 10.1 Å². The highest BCUT2D eigenvalue weighted by Crippen LogP contribution is 2.24. The van der Waals surface area contributed by atoms with E-state index in [4.69, 9.17) is 27.8 Å². The maximum atomic E-state index is 10.6. The second kappa shape index (κ2) is 3.22. The first kappa shape index (κ1) is 9.80. The highest BCUT2D eigenvalue weighted by molar-refractivity contribution is 7.86. The molecular weight excluding hydrogens is 223 g/mol. The minimum absolute atomic E-state index is 0.0538. The van der Waals surface area contributed by atoms with Gasteiger partial charge in [-0.15, -0.1) is 0 Å². The second-order valence-electron chi connectivity index (χ2n) is 2.05. The van der Waals surface area contributed by atoms with E-state index in [9.17, 15) is 8.42 Å². The van der Waals surface area contributed by atoms with Crippen molar-refractivity contribution < 1.29 is 13.0 Å². The summed E-state index contributed by atoms with van der Waals surface area (Å²) in [4.78, 5) is -0.378. The van der Waals surface area contributed by atoms with E-state index in [1.54, 1.807) is 0 Å². The summed E-state index contributed by atoms with van der Waals surface area (Å²) in [6.07, 6.45) is 0. The Morgan fingerprint density at radius 3 is 2.25 bits per heavy atom. The molecule has 0 aliphatic heterocycles. The van der Waals surface area contributed by atoms with E-state index in [0.29, 0.717) is 0 Å². The van der Waals surface area contributed by atoms with Gasteiger partial charge < -0.3 is 0 Å². The van der Waals surface area contributed by atoms with Crippen molar-refractivity contribution in [3.63, 3.8) is 0 Å². The molecule has 0 bridgehead atoms. The summed E-state index contributed by atoms with van der Waals surface area (Å²) in [5, 5.41) is 0.147. The van der Waals surface area contributed by atoms with Crippen molar-refractivity contribution in [1.82, 2.24) is 0 Å². The summed E-state index contributed by atoms with van der Waals surface area (Å²) in [6, 6.07) is 3.81. The summed E-state index contributed by atoms with van der Waals surface area (Å²) in [6.45, 7) is 0. The van der Waals surface area contributed by atoms with Crippen LogP contribution in [-0.2, 0) is 10.1 Å². The van der Waals surface area contributed by atoms with Gasteiger partial charge in [-0.05, 0) is 18.2 Å². The Balaban J connectivity index is 3.43. The lowest BCUT2D eigenvalue weighted by atomic mass is 10.4. The summed E-state index contributed by atoms with van der Waals surface area (Å²) in [5.74, 6) is 0. The molecule has 0 radical (unpaired) electrons. The van der Waals surface area contributed by atoms with Gasteiger partial charge in [-0.25, -0.2) is 0 Å². The molecule has 0 fully saturated rings. The van der Waals surface area contributed by atoms with Crippen LogP contribution in [0.3, 0.4) is 0 Å². The summed E-state index contributed by atoms with van der Waals surface area (Å²) < 4.78 is 29.9. The lowest BCUT2D eigenvalue weighted by Crippen LogP contribution is -1.98. The SMILES string of the molecule is O=S(=O)(O)c1cc(Cl)ccc1Cl. The van der Waals surface area contributed by atoms with Crippen LogP contribution in [0.4, 0.5) is 0 Å². The Bertz CT molecular complexity index is 399. The topological polar surface area (TPSA) is 54.4 Å². The van der Waals surface area contributed by atoms with E-state index in [1.165, 1.54) is 12.1 Å². The number of halogens is 2. The molecule has 0 saturated heterocycles. The molecule has 6 heteroatoms. The largest absolute Gasteiger partial charge is 0.296 e. The molecule has 1 rings (SSSR count). The predicted octanol–water partition coefficient (Wildman–Crippen LogP) is 2.24. The molecule has 0 heterocycles. The van der Waals surface area contributed by atoms with Crippen LogP contribution in [0.25, 0.3) is 0 Å². The van der Waals surface area contributed by atoms with Crippen LogP contribution in [0.15, 0.2) is 23.1 Å². The minimum atomic E-state index is -4.27. The second-order valence-corrected chi connectivity index (χ2v) is 4.28. The molecule has 0 amide bonds. The van der Waals surface area contributed by atoms with Gasteiger partial charge >= 0.3 is 0 Å². The minimum Gasteiger partial charge on any atom is -0.282 e. The molecular formula is C6H4Cl2O3S. The lowest BCUT2D eigenvalue weighted by molar-refractivity contribution is 0.483. The monoisotopic (exact) mass is 226 g/mol. The van der Waals surface area contributed by atoms with Crippen molar-refractivity contribution in [2.24, 2.45) is 0 Å². The first-order valence-electron chi connectivity index (χ1n) is 2.84. The average Bonchev–Trinajstić information content (AvgIpc) is 1.92. The molecule has 1 N–H and O–H groups in total. The number of rotatable bonds is 1. The zero-order valence-corrected chi connectivity index (χ0v) is 7.99. The van der Waals surface area contributed by atoms with Crippen molar-refractivity contribution in [2.75, 3.05) is 0 Å². The highest BCUT2D eigenvalue weighted by Gasteiger charge is 2.14. The summed E-state index contributed by atoms with van der Waals surface area (Å²) in [7, 11) is -4.27. The van der Waals surface area contributed by atoms with Crippen molar-refractivity contribution in [1.29, 1.82) is 0 Å². The van der Waals surface area contributed by atoms with Gasteiger partial charge in [0.05, 0.1) is 5.02 Å². The zero-order valence-electron chi connectivity index (χ0n) is 5.66. The van der Waals surface area contributed by atoms with E-state index in [0.717, 1.165) is 6.07 Å². The van der Waals surface area contributed by atoms with Crippen LogP contribution < -0.4 is 0 Å². The Morgan fingerprint density at radius 2 is 1.83 bits per heavy atom. The van der Waals surface area contributed by atoms with Crippen molar-refractivity contribution in [3.05, 3.63) is 28.2 Å². The van der Waals surface area contributed by atoms with Crippen LogP contribution in [0.2, 0.25) is 10.0 Å². The molecule has 0 aliphatic rings. The first-order valence-corrected chi connectivity index (χ1v) is 5.03. The maximum absolute atomic E-state index is 10.6. The fraction of sp³-hybridized carbons (Fsp3) is 0. The smallest absolute Gasteiger partial charge is 0.282 e. The maximum Gasteiger partial charge on any atom is 0.296 e. The van der Waals surface area contributed by atoms with Crippen molar-refractivity contribution >= 4 is 33.3 Å². The molecule has 0 saturated carbocycles. The normalized spacial score (nSPS) is 11.6. The van der Waals surface area contributed by atoms with Crippen LogP contribution in [-0.4, -0.2) is 13.0 Å². The number of hydrogen-bond donors (Lipinski definition) is 1. The molecule has 1 aromatic carbocycles. The average molecular weight is 227 g/mol. The fourth-order valence-electron chi connectivity index (χ4n) is 0.675. The van der Waals surface area contributed by atoms with Gasteiger partial charge in [-0.3, -0.25) is 4.55 Å². The van der Waals surface area contributed by atoms with Gasteiger partial charge in [-0.1, -0.05) is 23.2 Å². The molecule has 0 spiro atoms. The number of hydrogen-bond acceptors (Lipinski definition) is 2. The Morgan fingerprint density at radius 1 is 1.25 bits per heavy atom. The summed E-state index contributed by atoms with van der Waals surface area (Å²) >= 11 is 11.0. The van der Waals surface area contributed by atoms with Gasteiger partial charge in [-0.2, -0.15) is 8.42 Å². The van der Waals surface area contributed by atoms with E-state index in [-0.39, 0.29) is 14.9 Å². The van der Waals surface area contributed by atoms with Crippen LogP contribution >= 0.6 is 23.2 Å². The van der Waals surface area contributed by atoms with Gasteiger partial charge in [0.2, 0.25) is 0 Å². The van der Waals surface area contributed by atoms with Gasteiger partial charge in [0, 0.05) is 5.02 Å². The van der Waals surface area contributed by atoms with Crippen LogP contribution in [0.5, 0.6) is 0 Å². The van der Waals surface area contributed by atoms with E-state index < -0.39 is 10.1 Å². The molecule has 0 atom stereocenters. The predicted molar refractivity (Wildman–Crippen MR) is 46.3 cm³/mol. The fourth-order valence-corrected chi connectivity index (χ4v) is 1.91. The first-order chi connectivity index (χ1) is 5.41. The van der Waals surface area contributed by atoms with E-state index >= 15 is 0 Å². The zero-order chi connectivity index (χ0) is 9.35. The molecule has 0 unspecified atom stereocenters. The Hall–Kier alpha value is -0.290. The highest BCUT2D eigenvalue weighted by atomic mass is 35.5. The van der Waals surface area contributed by atoms with Gasteiger partial charge in [0.15, 0.2) is 0 Å². The standard InChI is InChI=1S/C6H4Cl2O3S/c7-4-1-2-5(8)6(3-4)12(9,10)11/h1-3H,(H,9,10,11). The van der Waals surface area contributed by atoms with E-state index in [2.05, 4.69) is 0 Å². The quantitative estimate of drug-likeness (QED) is 0.748. The molecule has 3 nitrogen and oxygen atoms in total. The molecule has 66 valence electrons. The van der Waals surface area contributed by atoms with E-state index in [1.807, 2.05) is 0 Å². The lowest BCUT2D eigenvalue weighted by Gasteiger charge is -1.99. The third kappa shape index (κ3) is 2.10. The number of benzene rings is 1. The molecule has 12 heavy (non-hydrogen) atoms. The summed E-state index contributed by atoms with van der Waals surface area (Å²) in [5.41, 5.74) is 0.